The zero-order valence-electron chi connectivity index (χ0n) is 17.6. The molecule has 0 fully saturated rings. The molecule has 0 saturated heterocycles. The van der Waals surface area contributed by atoms with Crippen molar-refractivity contribution in [2.24, 2.45) is 15.3 Å². The first-order valence-corrected chi connectivity index (χ1v) is 9.68. The van der Waals surface area contributed by atoms with Crippen molar-refractivity contribution >= 4 is 11.8 Å². The van der Waals surface area contributed by atoms with Gasteiger partial charge in [-0.3, -0.25) is 4.79 Å². The molecule has 0 radical (unpaired) electrons. The summed E-state index contributed by atoms with van der Waals surface area (Å²) in [5.74, 6) is 0.108. The molecule has 8 heteroatoms. The minimum Gasteiger partial charge on any atom is -0.496 e. The maximum absolute atomic E-state index is 11.4. The quantitative estimate of drug-likeness (QED) is 0.118. The van der Waals surface area contributed by atoms with E-state index in [0.717, 1.165) is 16.9 Å². The molecule has 3 aromatic carbocycles. The fraction of sp³-hybridized carbons (Fsp3) is 0.125. The molecule has 0 saturated carbocycles. The maximum atomic E-state index is 11.4. The summed E-state index contributed by atoms with van der Waals surface area (Å²) in [6, 6.07) is 23.6. The fourth-order valence-electron chi connectivity index (χ4n) is 2.93. The van der Waals surface area contributed by atoms with Crippen LogP contribution in [0.25, 0.3) is 0 Å². The molecule has 3 rings (SSSR count). The summed E-state index contributed by atoms with van der Waals surface area (Å²) < 4.78 is 5.42. The van der Waals surface area contributed by atoms with E-state index in [1.807, 2.05) is 61.5 Å². The van der Waals surface area contributed by atoms with Crippen LogP contribution in [0.5, 0.6) is 5.75 Å². The fourth-order valence-corrected chi connectivity index (χ4v) is 2.93. The average molecular weight is 479 g/mol. The Kier molecular flexibility index (Phi) is 9.47. The number of hydrazone groups is 1. The standard InChI is InChI=1S/C24H23N4O3.Cu/c1-17(20-13-8-9-15-22(20)31-2)26-28-23(18-10-4-3-5-11-18)27-25-16-19-12-6-7-14-21(19)24(29)30;/h3-17,26H,1-2H3,(H,29,30);/q-1;+1/b27-25?,28-23-;. The van der Waals surface area contributed by atoms with Gasteiger partial charge in [0.15, 0.2) is 5.84 Å². The molecule has 32 heavy (non-hydrogen) atoms. The van der Waals surface area contributed by atoms with Crippen LogP contribution in [-0.2, 0) is 17.1 Å². The molecule has 3 aromatic rings. The van der Waals surface area contributed by atoms with Gasteiger partial charge in [0.25, 0.3) is 5.97 Å². The predicted molar refractivity (Wildman–Crippen MR) is 119 cm³/mol. The monoisotopic (exact) mass is 478 g/mol. The Labute approximate surface area is 197 Å². The van der Waals surface area contributed by atoms with Gasteiger partial charge in [-0.15, -0.1) is 17.2 Å². The summed E-state index contributed by atoms with van der Waals surface area (Å²) in [6.07, 6.45) is 0. The zero-order valence-corrected chi connectivity index (χ0v) is 18.5. The third-order valence-corrected chi connectivity index (χ3v) is 4.54. The summed E-state index contributed by atoms with van der Waals surface area (Å²) >= 11 is 0. The van der Waals surface area contributed by atoms with Crippen molar-refractivity contribution < 1.29 is 31.7 Å². The van der Waals surface area contributed by atoms with Gasteiger partial charge in [0.05, 0.1) is 13.2 Å². The Balaban J connectivity index is 0.00000363. The average Bonchev–Trinajstić information content (AvgIpc) is 2.81. The van der Waals surface area contributed by atoms with Gasteiger partial charge in [0, 0.05) is 11.1 Å². The molecule has 0 aromatic heterocycles. The van der Waals surface area contributed by atoms with Gasteiger partial charge < -0.3 is 15.3 Å². The van der Waals surface area contributed by atoms with E-state index < -0.39 is 5.97 Å². The van der Waals surface area contributed by atoms with Crippen LogP contribution in [-0.4, -0.2) is 24.0 Å². The number of carboxylic acid groups (broad SMARTS) is 1. The number of benzene rings is 3. The number of aromatic carboxylic acids is 1. The normalized spacial score (nSPS) is 12.0. The zero-order chi connectivity index (χ0) is 22.1. The van der Waals surface area contributed by atoms with E-state index in [2.05, 4.69) is 20.8 Å². The van der Waals surface area contributed by atoms with Gasteiger partial charge in [-0.1, -0.05) is 61.1 Å². The first-order chi connectivity index (χ1) is 15.1. The number of carboxylic acids is 1. The van der Waals surface area contributed by atoms with Crippen LogP contribution in [0.2, 0.25) is 0 Å². The number of para-hydroxylation sites is 1. The predicted octanol–water partition coefficient (Wildman–Crippen LogP) is 5.07. The van der Waals surface area contributed by atoms with Crippen LogP contribution in [0.3, 0.4) is 0 Å². The topological polar surface area (TPSA) is 95.6 Å². The van der Waals surface area contributed by atoms with Crippen molar-refractivity contribution in [3.8, 4) is 5.75 Å². The molecule has 0 heterocycles. The van der Waals surface area contributed by atoms with Gasteiger partial charge in [0.1, 0.15) is 5.75 Å². The van der Waals surface area contributed by atoms with E-state index in [1.54, 1.807) is 25.3 Å². The first-order valence-electron chi connectivity index (χ1n) is 9.68. The molecule has 0 amide bonds. The summed E-state index contributed by atoms with van der Waals surface area (Å²) in [4.78, 5) is 11.4. The van der Waals surface area contributed by atoms with E-state index in [9.17, 15) is 9.90 Å². The third kappa shape index (κ3) is 6.44. The molecule has 168 valence electrons. The second kappa shape index (κ2) is 12.3. The minimum absolute atomic E-state index is 0. The van der Waals surface area contributed by atoms with Gasteiger partial charge >= 0.3 is 17.1 Å². The van der Waals surface area contributed by atoms with E-state index in [4.69, 9.17) is 4.74 Å². The number of nitrogens with zero attached hydrogens (tertiary/aromatic N) is 3. The van der Waals surface area contributed by atoms with E-state index in [-0.39, 0.29) is 28.7 Å². The number of amidine groups is 1. The van der Waals surface area contributed by atoms with Gasteiger partial charge in [0.2, 0.25) is 0 Å². The van der Waals surface area contributed by atoms with Crippen molar-refractivity contribution in [3.05, 3.63) is 108 Å². The van der Waals surface area contributed by atoms with E-state index in [0.29, 0.717) is 11.4 Å². The van der Waals surface area contributed by atoms with Crippen molar-refractivity contribution in [2.75, 3.05) is 7.11 Å². The molecule has 0 aliphatic heterocycles. The van der Waals surface area contributed by atoms with Gasteiger partial charge in [-0.05, 0) is 18.6 Å². The molecular formula is C24H23CuN4O3. The minimum atomic E-state index is -1.02. The number of hydrogen-bond acceptors (Lipinski definition) is 5. The molecule has 0 aliphatic carbocycles. The smallest absolute Gasteiger partial charge is 0.496 e. The van der Waals surface area contributed by atoms with Crippen LogP contribution < -0.4 is 10.2 Å². The van der Waals surface area contributed by atoms with Crippen LogP contribution in [0.4, 0.5) is 0 Å². The van der Waals surface area contributed by atoms with Crippen LogP contribution in [0.15, 0.2) is 94.2 Å². The number of azo groups is 1. The van der Waals surface area contributed by atoms with Gasteiger partial charge in [-0.2, -0.15) is 16.7 Å². The Hall–Kier alpha value is -3.61. The summed E-state index contributed by atoms with van der Waals surface area (Å²) in [7, 11) is 1.63. The van der Waals surface area contributed by atoms with Crippen LogP contribution >= 0.6 is 0 Å². The number of nitrogens with one attached hydrogen (secondary N) is 1. The Morgan fingerprint density at radius 1 is 1.00 bits per heavy atom. The van der Waals surface area contributed by atoms with Crippen LogP contribution in [0, 0.1) is 6.54 Å². The molecule has 1 atom stereocenters. The number of hydrogen-bond donors (Lipinski definition) is 2. The SMILES string of the molecule is COc1ccccc1C(C)N/N=C(\N=N[CH-]c1ccccc1C(=O)O)c1ccccc1.[Cu+]. The number of carbonyl (C=O) groups is 1. The van der Waals surface area contributed by atoms with Crippen LogP contribution in [0.1, 0.15) is 40.0 Å². The van der Waals surface area contributed by atoms with Gasteiger partial charge in [-0.25, -0.2) is 5.11 Å². The molecule has 0 aliphatic rings. The van der Waals surface area contributed by atoms with E-state index >= 15 is 0 Å². The Morgan fingerprint density at radius 3 is 2.38 bits per heavy atom. The molecular weight excluding hydrogens is 456 g/mol. The second-order valence-electron chi connectivity index (χ2n) is 6.63. The maximum Gasteiger partial charge on any atom is 1.00 e. The van der Waals surface area contributed by atoms with Crippen molar-refractivity contribution in [2.45, 2.75) is 13.0 Å². The molecule has 7 nitrogen and oxygen atoms in total. The Morgan fingerprint density at radius 2 is 1.66 bits per heavy atom. The van der Waals surface area contributed by atoms with Crippen molar-refractivity contribution in [1.29, 1.82) is 0 Å². The number of ether oxygens (including phenoxy) is 1. The molecule has 0 spiro atoms. The molecule has 0 bridgehead atoms. The molecule has 1 unspecified atom stereocenters. The van der Waals surface area contributed by atoms with Crippen molar-refractivity contribution in [3.63, 3.8) is 0 Å². The second-order valence-corrected chi connectivity index (χ2v) is 6.63. The Bertz CT molecular complexity index is 1090. The number of rotatable bonds is 8. The van der Waals surface area contributed by atoms with E-state index in [1.165, 1.54) is 12.6 Å². The summed E-state index contributed by atoms with van der Waals surface area (Å²) in [6.45, 7) is 3.38. The number of methoxy groups -OCH3 is 1. The molecule has 2 N–H and O–H groups in total. The first kappa shape index (κ1) is 24.7. The summed E-state index contributed by atoms with van der Waals surface area (Å²) in [5, 5.41) is 22.1. The third-order valence-electron chi connectivity index (χ3n) is 4.54. The largest absolute Gasteiger partial charge is 1.00 e. The summed E-state index contributed by atoms with van der Waals surface area (Å²) in [5.41, 5.74) is 5.44. The van der Waals surface area contributed by atoms with Crippen molar-refractivity contribution in [1.82, 2.24) is 5.43 Å².